The maximum atomic E-state index is 11.1. The molecule has 76 valence electrons. The van der Waals surface area contributed by atoms with Gasteiger partial charge < -0.3 is 5.11 Å². The number of aliphatic hydroxyl groups excluding tert-OH is 1. The Bertz CT molecular complexity index is 350. The summed E-state index contributed by atoms with van der Waals surface area (Å²) >= 11 is 6.63. The molecule has 0 saturated carbocycles. The van der Waals surface area contributed by atoms with Crippen LogP contribution in [0.1, 0.15) is 22.9 Å². The van der Waals surface area contributed by atoms with Gasteiger partial charge in [-0.2, -0.15) is 0 Å². The SMILES string of the molecule is CC(=O)C(Br)c1ccc(CO)c(Br)c1. The maximum absolute atomic E-state index is 11.1. The van der Waals surface area contributed by atoms with E-state index in [1.54, 1.807) is 6.07 Å². The Kier molecular flexibility index (Phi) is 4.29. The van der Waals surface area contributed by atoms with Crippen LogP contribution in [-0.4, -0.2) is 10.9 Å². The fraction of sp³-hybridized carbons (Fsp3) is 0.300. The largest absolute Gasteiger partial charge is 0.392 e. The summed E-state index contributed by atoms with van der Waals surface area (Å²) in [5, 5.41) is 8.95. The van der Waals surface area contributed by atoms with Gasteiger partial charge in [0, 0.05) is 4.47 Å². The van der Waals surface area contributed by atoms with Crippen molar-refractivity contribution in [1.29, 1.82) is 0 Å². The third-order valence-electron chi connectivity index (χ3n) is 1.90. The molecule has 0 saturated heterocycles. The third kappa shape index (κ3) is 2.65. The van der Waals surface area contributed by atoms with Crippen LogP contribution >= 0.6 is 31.9 Å². The summed E-state index contributed by atoms with van der Waals surface area (Å²) in [5.74, 6) is 0.0636. The summed E-state index contributed by atoms with van der Waals surface area (Å²) in [6.45, 7) is 1.53. The molecule has 0 spiro atoms. The number of aliphatic hydroxyl groups is 1. The highest BCUT2D eigenvalue weighted by Crippen LogP contribution is 2.28. The quantitative estimate of drug-likeness (QED) is 0.869. The molecule has 1 atom stereocenters. The molecule has 1 aromatic carbocycles. The van der Waals surface area contributed by atoms with Crippen LogP contribution in [0.2, 0.25) is 0 Å². The lowest BCUT2D eigenvalue weighted by Crippen LogP contribution is -2.01. The molecule has 14 heavy (non-hydrogen) atoms. The molecule has 1 rings (SSSR count). The monoisotopic (exact) mass is 320 g/mol. The Hall–Kier alpha value is -0.190. The Morgan fingerprint density at radius 2 is 2.21 bits per heavy atom. The summed E-state index contributed by atoms with van der Waals surface area (Å²) in [7, 11) is 0. The van der Waals surface area contributed by atoms with Crippen molar-refractivity contribution in [2.75, 3.05) is 0 Å². The molecule has 0 fully saturated rings. The van der Waals surface area contributed by atoms with Crippen LogP contribution in [0.5, 0.6) is 0 Å². The van der Waals surface area contributed by atoms with Gasteiger partial charge in [0.1, 0.15) is 5.78 Å². The molecule has 0 heterocycles. The second-order valence-corrected chi connectivity index (χ2v) is 4.75. The minimum atomic E-state index is -0.272. The second kappa shape index (κ2) is 5.05. The molecule has 0 aliphatic carbocycles. The predicted octanol–water partition coefficient (Wildman–Crippen LogP) is 2.97. The van der Waals surface area contributed by atoms with Crippen molar-refractivity contribution in [1.82, 2.24) is 0 Å². The molecule has 0 aliphatic heterocycles. The summed E-state index contributed by atoms with van der Waals surface area (Å²) < 4.78 is 0.822. The van der Waals surface area contributed by atoms with E-state index in [0.29, 0.717) is 0 Å². The van der Waals surface area contributed by atoms with Gasteiger partial charge in [-0.3, -0.25) is 4.79 Å². The van der Waals surface area contributed by atoms with Crippen molar-refractivity contribution in [3.63, 3.8) is 0 Å². The number of carbonyl (C=O) groups excluding carboxylic acids is 1. The van der Waals surface area contributed by atoms with E-state index in [2.05, 4.69) is 31.9 Å². The first-order valence-corrected chi connectivity index (χ1v) is 5.81. The van der Waals surface area contributed by atoms with Crippen LogP contribution in [0.3, 0.4) is 0 Å². The van der Waals surface area contributed by atoms with Crippen molar-refractivity contribution in [2.45, 2.75) is 18.4 Å². The molecular formula is C10H10Br2O2. The molecule has 2 nitrogen and oxygen atoms in total. The second-order valence-electron chi connectivity index (χ2n) is 2.98. The van der Waals surface area contributed by atoms with Crippen LogP contribution in [-0.2, 0) is 11.4 Å². The van der Waals surface area contributed by atoms with Crippen molar-refractivity contribution in [3.05, 3.63) is 33.8 Å². The Balaban J connectivity index is 3.02. The van der Waals surface area contributed by atoms with Gasteiger partial charge in [0.2, 0.25) is 0 Å². The topological polar surface area (TPSA) is 37.3 Å². The van der Waals surface area contributed by atoms with E-state index in [4.69, 9.17) is 5.11 Å². The Morgan fingerprint density at radius 3 is 2.64 bits per heavy atom. The van der Waals surface area contributed by atoms with E-state index in [9.17, 15) is 4.79 Å². The molecule has 0 bridgehead atoms. The van der Waals surface area contributed by atoms with Crippen molar-refractivity contribution in [2.24, 2.45) is 0 Å². The molecule has 1 aromatic rings. The Morgan fingerprint density at radius 1 is 1.57 bits per heavy atom. The first kappa shape index (κ1) is 11.9. The van der Waals surface area contributed by atoms with E-state index < -0.39 is 0 Å². The standard InChI is InChI=1S/C10H10Br2O2/c1-6(14)10(12)7-2-3-8(5-13)9(11)4-7/h2-4,10,13H,5H2,1H3. The molecule has 1 unspecified atom stereocenters. The van der Waals surface area contributed by atoms with Crippen LogP contribution < -0.4 is 0 Å². The summed E-state index contributed by atoms with van der Waals surface area (Å²) in [6.07, 6.45) is 0. The van der Waals surface area contributed by atoms with Crippen molar-refractivity contribution >= 4 is 37.6 Å². The lowest BCUT2D eigenvalue weighted by molar-refractivity contribution is -0.116. The highest BCUT2D eigenvalue weighted by molar-refractivity contribution is 9.10. The summed E-state index contributed by atoms with van der Waals surface area (Å²) in [6, 6.07) is 5.47. The van der Waals surface area contributed by atoms with E-state index in [1.165, 1.54) is 6.92 Å². The number of ketones is 1. The molecule has 0 radical (unpaired) electrons. The normalized spacial score (nSPS) is 12.6. The molecule has 1 N–H and O–H groups in total. The van der Waals surface area contributed by atoms with Crippen LogP contribution in [0.15, 0.2) is 22.7 Å². The van der Waals surface area contributed by atoms with Crippen LogP contribution in [0.4, 0.5) is 0 Å². The van der Waals surface area contributed by atoms with Gasteiger partial charge in [0.05, 0.1) is 11.4 Å². The van der Waals surface area contributed by atoms with E-state index in [0.717, 1.165) is 15.6 Å². The lowest BCUT2D eigenvalue weighted by Gasteiger charge is -2.08. The average Bonchev–Trinajstić information content (AvgIpc) is 2.16. The van der Waals surface area contributed by atoms with Gasteiger partial charge >= 0.3 is 0 Å². The number of rotatable bonds is 3. The zero-order valence-corrected chi connectivity index (χ0v) is 10.8. The molecule has 0 amide bonds. The average molecular weight is 322 g/mol. The zero-order chi connectivity index (χ0) is 10.7. The lowest BCUT2D eigenvalue weighted by atomic mass is 10.1. The van der Waals surface area contributed by atoms with Gasteiger partial charge in [-0.25, -0.2) is 0 Å². The number of carbonyl (C=O) groups is 1. The fourth-order valence-electron chi connectivity index (χ4n) is 1.08. The Labute approximate surface area is 99.6 Å². The smallest absolute Gasteiger partial charge is 0.147 e. The predicted molar refractivity (Wildman–Crippen MR) is 62.4 cm³/mol. The number of benzene rings is 1. The highest BCUT2D eigenvalue weighted by Gasteiger charge is 2.13. The molecular weight excluding hydrogens is 312 g/mol. The van der Waals surface area contributed by atoms with Crippen molar-refractivity contribution in [3.8, 4) is 0 Å². The number of hydrogen-bond acceptors (Lipinski definition) is 2. The van der Waals surface area contributed by atoms with Crippen molar-refractivity contribution < 1.29 is 9.90 Å². The van der Waals surface area contributed by atoms with Gasteiger partial charge in [-0.05, 0) is 24.1 Å². The van der Waals surface area contributed by atoms with E-state index in [-0.39, 0.29) is 17.2 Å². The highest BCUT2D eigenvalue weighted by atomic mass is 79.9. The number of halogens is 2. The number of hydrogen-bond donors (Lipinski definition) is 1. The minimum Gasteiger partial charge on any atom is -0.392 e. The molecule has 0 aliphatic rings. The first-order valence-electron chi connectivity index (χ1n) is 4.10. The maximum Gasteiger partial charge on any atom is 0.147 e. The van der Waals surface area contributed by atoms with Gasteiger partial charge in [0.25, 0.3) is 0 Å². The van der Waals surface area contributed by atoms with Gasteiger partial charge in [-0.1, -0.05) is 44.0 Å². The minimum absolute atomic E-state index is 0.00606. The van der Waals surface area contributed by atoms with Gasteiger partial charge in [0.15, 0.2) is 0 Å². The molecule has 0 aromatic heterocycles. The van der Waals surface area contributed by atoms with Gasteiger partial charge in [-0.15, -0.1) is 0 Å². The van der Waals surface area contributed by atoms with Crippen LogP contribution in [0, 0.1) is 0 Å². The first-order chi connectivity index (χ1) is 6.56. The van der Waals surface area contributed by atoms with Crippen LogP contribution in [0.25, 0.3) is 0 Å². The summed E-state index contributed by atoms with van der Waals surface area (Å²) in [4.78, 5) is 10.8. The zero-order valence-electron chi connectivity index (χ0n) is 7.63. The fourth-order valence-corrected chi connectivity index (χ4v) is 1.89. The number of alkyl halides is 1. The third-order valence-corrected chi connectivity index (χ3v) is 3.81. The van der Waals surface area contributed by atoms with E-state index in [1.807, 2.05) is 12.1 Å². The summed E-state index contributed by atoms with van der Waals surface area (Å²) in [5.41, 5.74) is 1.71. The van der Waals surface area contributed by atoms with E-state index >= 15 is 0 Å². The number of Topliss-reactive ketones (excluding diaryl/α,β-unsaturated/α-hetero) is 1. The molecule has 4 heteroatoms.